The molecule has 0 radical (unpaired) electrons. The number of aromatic nitrogens is 2. The van der Waals surface area contributed by atoms with Gasteiger partial charge in [-0.3, -0.25) is 0 Å². The fourth-order valence-electron chi connectivity index (χ4n) is 2.38. The lowest BCUT2D eigenvalue weighted by Gasteiger charge is -2.18. The van der Waals surface area contributed by atoms with Crippen molar-refractivity contribution in [2.75, 3.05) is 12.4 Å². The molecule has 1 aromatic carbocycles. The molecule has 1 N–H and O–H groups in total. The molecule has 108 valence electrons. The van der Waals surface area contributed by atoms with E-state index in [1.807, 2.05) is 17.5 Å². The van der Waals surface area contributed by atoms with E-state index in [0.717, 1.165) is 27.3 Å². The maximum Gasteiger partial charge on any atom is 0.138 e. The Bertz CT molecular complexity index is 769. The second-order valence-corrected chi connectivity index (χ2v) is 5.87. The molecule has 0 bridgehead atoms. The van der Waals surface area contributed by atoms with Gasteiger partial charge in [0.05, 0.1) is 18.5 Å². The first kappa shape index (κ1) is 13.8. The molecular formula is C16H17N3OS. The Balaban J connectivity index is 1.94. The Morgan fingerprint density at radius 3 is 2.90 bits per heavy atom. The number of fused-ring (bicyclic) bond motifs is 1. The summed E-state index contributed by atoms with van der Waals surface area (Å²) in [6.07, 6.45) is 1.60. The van der Waals surface area contributed by atoms with Gasteiger partial charge in [-0.15, -0.1) is 11.3 Å². The van der Waals surface area contributed by atoms with Crippen LogP contribution in [0.15, 0.2) is 36.0 Å². The first-order chi connectivity index (χ1) is 10.2. The van der Waals surface area contributed by atoms with Crippen LogP contribution in [-0.4, -0.2) is 17.1 Å². The molecule has 0 saturated heterocycles. The van der Waals surface area contributed by atoms with E-state index < -0.39 is 0 Å². The van der Waals surface area contributed by atoms with Crippen molar-refractivity contribution in [3.05, 3.63) is 47.1 Å². The van der Waals surface area contributed by atoms with Crippen LogP contribution in [0.2, 0.25) is 0 Å². The van der Waals surface area contributed by atoms with Crippen molar-refractivity contribution in [1.82, 2.24) is 9.97 Å². The number of ether oxygens (including phenoxy) is 1. The average Bonchev–Trinajstić information content (AvgIpc) is 2.96. The molecular weight excluding hydrogens is 282 g/mol. The van der Waals surface area contributed by atoms with Crippen LogP contribution in [0.3, 0.4) is 0 Å². The second-order valence-electron chi connectivity index (χ2n) is 4.97. The van der Waals surface area contributed by atoms with E-state index in [4.69, 9.17) is 4.74 Å². The maximum absolute atomic E-state index is 5.46. The summed E-state index contributed by atoms with van der Waals surface area (Å²) >= 11 is 1.62. The van der Waals surface area contributed by atoms with Crippen molar-refractivity contribution in [2.45, 2.75) is 19.9 Å². The third-order valence-electron chi connectivity index (χ3n) is 3.47. The van der Waals surface area contributed by atoms with E-state index in [-0.39, 0.29) is 6.04 Å². The van der Waals surface area contributed by atoms with Crippen molar-refractivity contribution < 1.29 is 4.74 Å². The molecule has 0 aliphatic rings. The minimum absolute atomic E-state index is 0.0952. The number of methoxy groups -OCH3 is 1. The molecule has 0 aliphatic heterocycles. The Kier molecular flexibility index (Phi) is 3.75. The van der Waals surface area contributed by atoms with Crippen LogP contribution < -0.4 is 10.1 Å². The topological polar surface area (TPSA) is 47.0 Å². The summed E-state index contributed by atoms with van der Waals surface area (Å²) in [6.45, 7) is 4.19. The molecule has 2 heterocycles. The molecule has 1 atom stereocenters. The first-order valence-electron chi connectivity index (χ1n) is 6.78. The normalized spacial score (nSPS) is 12.3. The number of benzene rings is 1. The van der Waals surface area contributed by atoms with Gasteiger partial charge in [0.2, 0.25) is 0 Å². The second kappa shape index (κ2) is 5.69. The number of hydrogen-bond donors (Lipinski definition) is 1. The van der Waals surface area contributed by atoms with Crippen LogP contribution in [0.5, 0.6) is 5.75 Å². The Hall–Kier alpha value is -2.14. The highest BCUT2D eigenvalue weighted by atomic mass is 32.1. The van der Waals surface area contributed by atoms with Crippen LogP contribution in [0.1, 0.15) is 24.1 Å². The monoisotopic (exact) mass is 299 g/mol. The van der Waals surface area contributed by atoms with E-state index in [9.17, 15) is 0 Å². The van der Waals surface area contributed by atoms with Crippen LogP contribution in [0.4, 0.5) is 5.82 Å². The Labute approximate surface area is 127 Å². The molecule has 21 heavy (non-hydrogen) atoms. The highest BCUT2D eigenvalue weighted by molar-refractivity contribution is 7.16. The number of anilines is 1. The predicted molar refractivity (Wildman–Crippen MR) is 87.2 cm³/mol. The number of nitrogens with zero attached hydrogens (tertiary/aromatic N) is 2. The number of hydrogen-bond acceptors (Lipinski definition) is 5. The summed E-state index contributed by atoms with van der Waals surface area (Å²) in [5.74, 6) is 1.74. The first-order valence-corrected chi connectivity index (χ1v) is 7.66. The average molecular weight is 299 g/mol. The zero-order chi connectivity index (χ0) is 14.8. The Morgan fingerprint density at radius 1 is 1.24 bits per heavy atom. The molecule has 0 saturated carbocycles. The Morgan fingerprint density at radius 2 is 2.10 bits per heavy atom. The number of rotatable bonds is 4. The summed E-state index contributed by atoms with van der Waals surface area (Å²) in [7, 11) is 1.70. The van der Waals surface area contributed by atoms with Crippen LogP contribution in [-0.2, 0) is 0 Å². The summed E-state index contributed by atoms with van der Waals surface area (Å²) < 4.78 is 5.46. The van der Waals surface area contributed by atoms with Gasteiger partial charge in [0.1, 0.15) is 22.7 Å². The summed E-state index contributed by atoms with van der Waals surface area (Å²) in [5.41, 5.74) is 2.34. The van der Waals surface area contributed by atoms with Crippen LogP contribution >= 0.6 is 11.3 Å². The predicted octanol–water partition coefficient (Wildman–Crippen LogP) is 4.18. The quantitative estimate of drug-likeness (QED) is 0.785. The smallest absolute Gasteiger partial charge is 0.138 e. The molecule has 0 spiro atoms. The van der Waals surface area contributed by atoms with Gasteiger partial charge in [0, 0.05) is 5.56 Å². The summed E-state index contributed by atoms with van der Waals surface area (Å²) in [6, 6.07) is 8.34. The highest BCUT2D eigenvalue weighted by Crippen LogP contribution is 2.31. The molecule has 0 aliphatic carbocycles. The van der Waals surface area contributed by atoms with Gasteiger partial charge in [-0.2, -0.15) is 0 Å². The molecule has 0 amide bonds. The number of aryl methyl sites for hydroxylation is 1. The van der Waals surface area contributed by atoms with Crippen LogP contribution in [0, 0.1) is 6.92 Å². The lowest BCUT2D eigenvalue weighted by Crippen LogP contribution is -2.10. The highest BCUT2D eigenvalue weighted by Gasteiger charge is 2.14. The number of nitrogens with one attached hydrogen (secondary N) is 1. The van der Waals surface area contributed by atoms with E-state index in [1.54, 1.807) is 24.8 Å². The van der Waals surface area contributed by atoms with Crippen molar-refractivity contribution in [1.29, 1.82) is 0 Å². The van der Waals surface area contributed by atoms with Gasteiger partial charge in [-0.25, -0.2) is 9.97 Å². The fraction of sp³-hybridized carbons (Fsp3) is 0.250. The molecule has 1 unspecified atom stereocenters. The molecule has 4 nitrogen and oxygen atoms in total. The SMILES string of the molecule is COc1ccc(C)cc1C(C)Nc1ncnc2sccc12. The third kappa shape index (κ3) is 2.69. The summed E-state index contributed by atoms with van der Waals surface area (Å²) in [4.78, 5) is 9.63. The van der Waals surface area contributed by atoms with Gasteiger partial charge in [0.25, 0.3) is 0 Å². The molecule has 2 aromatic heterocycles. The van der Waals surface area contributed by atoms with E-state index >= 15 is 0 Å². The van der Waals surface area contributed by atoms with E-state index in [0.29, 0.717) is 0 Å². The minimum Gasteiger partial charge on any atom is -0.496 e. The standard InChI is InChI=1S/C16H17N3OS/c1-10-4-5-14(20-3)13(8-10)11(2)19-15-12-6-7-21-16(12)18-9-17-15/h4-9,11H,1-3H3,(H,17,18,19). The zero-order valence-corrected chi connectivity index (χ0v) is 13.1. The lowest BCUT2D eigenvalue weighted by molar-refractivity contribution is 0.408. The van der Waals surface area contributed by atoms with Gasteiger partial charge in [-0.1, -0.05) is 17.7 Å². The molecule has 0 fully saturated rings. The van der Waals surface area contributed by atoms with Crippen molar-refractivity contribution in [2.24, 2.45) is 0 Å². The molecule has 3 rings (SSSR count). The fourth-order valence-corrected chi connectivity index (χ4v) is 3.11. The molecule has 3 aromatic rings. The van der Waals surface area contributed by atoms with Gasteiger partial charge < -0.3 is 10.1 Å². The van der Waals surface area contributed by atoms with Gasteiger partial charge in [-0.05, 0) is 31.4 Å². The van der Waals surface area contributed by atoms with E-state index in [2.05, 4.69) is 41.3 Å². The lowest BCUT2D eigenvalue weighted by atomic mass is 10.0. The van der Waals surface area contributed by atoms with Gasteiger partial charge in [0.15, 0.2) is 0 Å². The maximum atomic E-state index is 5.46. The minimum atomic E-state index is 0.0952. The van der Waals surface area contributed by atoms with Gasteiger partial charge >= 0.3 is 0 Å². The van der Waals surface area contributed by atoms with Crippen molar-refractivity contribution >= 4 is 27.4 Å². The number of thiophene rings is 1. The van der Waals surface area contributed by atoms with E-state index in [1.165, 1.54) is 5.56 Å². The van der Waals surface area contributed by atoms with Crippen molar-refractivity contribution in [3.8, 4) is 5.75 Å². The van der Waals surface area contributed by atoms with Crippen molar-refractivity contribution in [3.63, 3.8) is 0 Å². The summed E-state index contributed by atoms with van der Waals surface area (Å²) in [5, 5.41) is 6.55. The van der Waals surface area contributed by atoms with Crippen LogP contribution in [0.25, 0.3) is 10.2 Å². The largest absolute Gasteiger partial charge is 0.496 e. The molecule has 5 heteroatoms. The third-order valence-corrected chi connectivity index (χ3v) is 4.29. The zero-order valence-electron chi connectivity index (χ0n) is 12.3.